The Morgan fingerprint density at radius 2 is 0.635 bits per heavy atom. The molecule has 0 aromatic rings. The van der Waals surface area contributed by atoms with Crippen molar-refractivity contribution < 1.29 is 24.5 Å². The normalized spacial score (nSPS) is 12.6. The van der Waals surface area contributed by atoms with Crippen LogP contribution in [0.1, 0.15) is 373 Å². The highest BCUT2D eigenvalue weighted by Gasteiger charge is 2.20. The fraction of sp³-hybridized carbons (Fsp3) is 0.912. The minimum absolute atomic E-state index is 0.00789. The van der Waals surface area contributed by atoms with Crippen LogP contribution in [-0.4, -0.2) is 47.4 Å². The highest BCUT2D eigenvalue weighted by molar-refractivity contribution is 5.76. The Bertz CT molecular complexity index is 1150. The summed E-state index contributed by atoms with van der Waals surface area (Å²) in [6, 6.07) is -0.539. The first-order valence-electron chi connectivity index (χ1n) is 33.6. The number of carbonyl (C=O) groups is 2. The van der Waals surface area contributed by atoms with Gasteiger partial charge in [0, 0.05) is 12.8 Å². The maximum atomic E-state index is 12.5. The zero-order chi connectivity index (χ0) is 53.6. The van der Waals surface area contributed by atoms with Crippen molar-refractivity contribution in [2.75, 3.05) is 13.2 Å². The van der Waals surface area contributed by atoms with Crippen LogP contribution in [0.4, 0.5) is 0 Å². The van der Waals surface area contributed by atoms with Gasteiger partial charge in [-0.1, -0.05) is 308 Å². The number of hydrogen-bond donors (Lipinski definition) is 3. The van der Waals surface area contributed by atoms with Crippen molar-refractivity contribution >= 4 is 11.9 Å². The molecular weight excluding hydrogens is 911 g/mol. The third-order valence-corrected chi connectivity index (χ3v) is 15.7. The number of ether oxygens (including phenoxy) is 1. The lowest BCUT2D eigenvalue weighted by Gasteiger charge is -2.22. The molecule has 2 unspecified atom stereocenters. The molecule has 6 heteroatoms. The van der Waals surface area contributed by atoms with E-state index >= 15 is 0 Å². The van der Waals surface area contributed by atoms with Gasteiger partial charge in [0.25, 0.3) is 0 Å². The smallest absolute Gasteiger partial charge is 0.305 e. The number of amides is 1. The Kier molecular flexibility index (Phi) is 62.4. The van der Waals surface area contributed by atoms with Gasteiger partial charge < -0.3 is 20.3 Å². The van der Waals surface area contributed by atoms with E-state index in [9.17, 15) is 19.8 Å². The van der Waals surface area contributed by atoms with Crippen molar-refractivity contribution in [1.82, 2.24) is 5.32 Å². The highest BCUT2D eigenvalue weighted by Crippen LogP contribution is 2.18. The predicted molar refractivity (Wildman–Crippen MR) is 324 cm³/mol. The number of aliphatic hydroxyl groups excluding tert-OH is 2. The van der Waals surface area contributed by atoms with Crippen LogP contribution in [0.25, 0.3) is 0 Å². The van der Waals surface area contributed by atoms with Crippen molar-refractivity contribution in [2.45, 2.75) is 386 Å². The standard InChI is InChI=1S/C68H131NO5/c1-3-5-7-9-11-13-15-17-37-40-44-48-52-56-60-66(71)65(64-70)69-67(72)61-57-53-49-45-41-38-35-33-31-29-27-25-23-21-19-18-20-22-24-26-28-30-32-34-36-39-43-47-51-55-59-63-74-68(73)62-58-54-50-46-42-16-14-12-10-8-6-4-2/h12,14,20,22,65-66,70-71H,3-11,13,15-19,21,23-64H2,1-2H3,(H,69,72)/b14-12-,22-20-. The van der Waals surface area contributed by atoms with E-state index in [1.165, 1.54) is 295 Å². The fourth-order valence-corrected chi connectivity index (χ4v) is 10.6. The number of allylic oxidation sites excluding steroid dienone is 4. The molecule has 0 saturated carbocycles. The largest absolute Gasteiger partial charge is 0.466 e. The van der Waals surface area contributed by atoms with Gasteiger partial charge >= 0.3 is 5.97 Å². The predicted octanol–water partition coefficient (Wildman–Crippen LogP) is 21.4. The molecule has 0 aromatic carbocycles. The summed E-state index contributed by atoms with van der Waals surface area (Å²) >= 11 is 0. The van der Waals surface area contributed by atoms with E-state index < -0.39 is 12.1 Å². The van der Waals surface area contributed by atoms with Crippen LogP contribution < -0.4 is 5.32 Å². The van der Waals surface area contributed by atoms with Gasteiger partial charge in [-0.2, -0.15) is 0 Å². The summed E-state index contributed by atoms with van der Waals surface area (Å²) in [6.07, 6.45) is 79.3. The Morgan fingerprint density at radius 1 is 0.365 bits per heavy atom. The topological polar surface area (TPSA) is 95.9 Å². The van der Waals surface area contributed by atoms with Crippen LogP contribution in [0.2, 0.25) is 0 Å². The maximum absolute atomic E-state index is 12.5. The number of rotatable bonds is 63. The second kappa shape index (κ2) is 63.9. The van der Waals surface area contributed by atoms with Crippen molar-refractivity contribution in [3.63, 3.8) is 0 Å². The van der Waals surface area contributed by atoms with Crippen LogP contribution in [0, 0.1) is 0 Å². The second-order valence-corrected chi connectivity index (χ2v) is 23.1. The van der Waals surface area contributed by atoms with Crippen LogP contribution in [0.5, 0.6) is 0 Å². The average Bonchev–Trinajstić information content (AvgIpc) is 3.40. The molecule has 0 heterocycles. The molecule has 0 aliphatic heterocycles. The van der Waals surface area contributed by atoms with Gasteiger partial charge in [-0.25, -0.2) is 0 Å². The molecule has 0 aliphatic rings. The molecule has 3 N–H and O–H groups in total. The third kappa shape index (κ3) is 59.6. The molecule has 0 spiro atoms. The SMILES string of the molecule is CCCCC/C=C\CCCCCCCC(=O)OCCCCCCCCCCCCCC/C=C\CCCCCCCCCCCCCCCCCC(=O)NC(CO)C(O)CCCCCCCCCCCCCCCC. The number of aliphatic hydroxyl groups is 2. The third-order valence-electron chi connectivity index (χ3n) is 15.7. The van der Waals surface area contributed by atoms with Gasteiger partial charge in [0.05, 0.1) is 25.4 Å². The molecule has 438 valence electrons. The number of nitrogens with one attached hydrogen (secondary N) is 1. The van der Waals surface area contributed by atoms with Gasteiger partial charge in [0.2, 0.25) is 5.91 Å². The minimum atomic E-state index is -0.662. The average molecular weight is 1040 g/mol. The molecule has 2 atom stereocenters. The lowest BCUT2D eigenvalue weighted by Crippen LogP contribution is -2.45. The Balaban J connectivity index is 3.35. The summed E-state index contributed by atoms with van der Waals surface area (Å²) in [5.41, 5.74) is 0. The molecule has 0 bridgehead atoms. The molecule has 6 nitrogen and oxygen atoms in total. The molecule has 0 aliphatic carbocycles. The van der Waals surface area contributed by atoms with E-state index in [0.29, 0.717) is 25.9 Å². The minimum Gasteiger partial charge on any atom is -0.466 e. The number of hydrogen-bond acceptors (Lipinski definition) is 5. The zero-order valence-electron chi connectivity index (χ0n) is 50.1. The van der Waals surface area contributed by atoms with Gasteiger partial charge in [0.15, 0.2) is 0 Å². The molecule has 0 aromatic heterocycles. The number of unbranched alkanes of at least 4 members (excludes halogenated alkanes) is 48. The van der Waals surface area contributed by atoms with E-state index in [1.54, 1.807) is 0 Å². The fourth-order valence-electron chi connectivity index (χ4n) is 10.6. The van der Waals surface area contributed by atoms with Crippen molar-refractivity contribution in [3.05, 3.63) is 24.3 Å². The molecule has 0 rings (SSSR count). The Hall–Kier alpha value is -1.66. The van der Waals surface area contributed by atoms with Crippen molar-refractivity contribution in [1.29, 1.82) is 0 Å². The van der Waals surface area contributed by atoms with Crippen molar-refractivity contribution in [3.8, 4) is 0 Å². The van der Waals surface area contributed by atoms with Crippen LogP contribution in [-0.2, 0) is 14.3 Å². The van der Waals surface area contributed by atoms with E-state index in [1.807, 2.05) is 0 Å². The quantitative estimate of drug-likeness (QED) is 0.0320. The lowest BCUT2D eigenvalue weighted by atomic mass is 10.0. The molecule has 1 amide bonds. The van der Waals surface area contributed by atoms with Gasteiger partial charge in [-0.15, -0.1) is 0 Å². The van der Waals surface area contributed by atoms with E-state index in [-0.39, 0.29) is 18.5 Å². The highest BCUT2D eigenvalue weighted by atomic mass is 16.5. The van der Waals surface area contributed by atoms with Crippen molar-refractivity contribution in [2.24, 2.45) is 0 Å². The Labute approximate surface area is 462 Å². The maximum Gasteiger partial charge on any atom is 0.305 e. The summed E-state index contributed by atoms with van der Waals surface area (Å²) in [4.78, 5) is 24.5. The zero-order valence-corrected chi connectivity index (χ0v) is 50.1. The van der Waals surface area contributed by atoms with Crippen LogP contribution in [0.3, 0.4) is 0 Å². The monoisotopic (exact) mass is 1040 g/mol. The van der Waals surface area contributed by atoms with E-state index in [0.717, 1.165) is 44.9 Å². The van der Waals surface area contributed by atoms with Crippen LogP contribution in [0.15, 0.2) is 24.3 Å². The van der Waals surface area contributed by atoms with E-state index in [2.05, 4.69) is 43.5 Å². The van der Waals surface area contributed by atoms with Gasteiger partial charge in [-0.05, 0) is 77.0 Å². The Morgan fingerprint density at radius 3 is 0.986 bits per heavy atom. The summed E-state index contributed by atoms with van der Waals surface area (Å²) in [7, 11) is 0. The first-order valence-corrected chi connectivity index (χ1v) is 33.6. The van der Waals surface area contributed by atoms with Gasteiger partial charge in [-0.3, -0.25) is 9.59 Å². The second-order valence-electron chi connectivity index (χ2n) is 23.1. The number of esters is 1. The van der Waals surface area contributed by atoms with Crippen LogP contribution >= 0.6 is 0 Å². The summed E-state index contributed by atoms with van der Waals surface area (Å²) in [5.74, 6) is -0.0228. The molecular formula is C68H131NO5. The molecule has 0 radical (unpaired) electrons. The van der Waals surface area contributed by atoms with Gasteiger partial charge in [0.1, 0.15) is 0 Å². The summed E-state index contributed by atoms with van der Waals surface area (Å²) in [5, 5.41) is 23.3. The summed E-state index contributed by atoms with van der Waals surface area (Å²) in [6.45, 7) is 4.95. The van der Waals surface area contributed by atoms with E-state index in [4.69, 9.17) is 4.74 Å². The number of carbonyl (C=O) groups excluding carboxylic acids is 2. The first-order chi connectivity index (χ1) is 36.5. The molecule has 0 fully saturated rings. The lowest BCUT2D eigenvalue weighted by molar-refractivity contribution is -0.143. The summed E-state index contributed by atoms with van der Waals surface area (Å²) < 4.78 is 5.47. The molecule has 0 saturated heterocycles. The first kappa shape index (κ1) is 72.3. The molecule has 74 heavy (non-hydrogen) atoms.